The van der Waals surface area contributed by atoms with E-state index in [9.17, 15) is 0 Å². The van der Waals surface area contributed by atoms with E-state index in [4.69, 9.17) is 0 Å². The van der Waals surface area contributed by atoms with Crippen molar-refractivity contribution < 1.29 is 0 Å². The predicted octanol–water partition coefficient (Wildman–Crippen LogP) is 4.56. The lowest BCUT2D eigenvalue weighted by atomic mass is 10.2. The molecule has 4 heteroatoms. The van der Waals surface area contributed by atoms with Crippen LogP contribution in [0.2, 0.25) is 37.8 Å². The average molecular weight is 254 g/mol. The molecule has 0 bridgehead atoms. The third kappa shape index (κ3) is 16.0. The predicted molar refractivity (Wildman–Crippen MR) is 80.0 cm³/mol. The fraction of sp³-hybridized carbons (Fsp3) is 1.00. The highest BCUT2D eigenvalue weighted by molar-refractivity contribution is 7.69. The molecule has 0 aromatic rings. The van der Waals surface area contributed by atoms with Crippen LogP contribution in [0, 0.1) is 0 Å². The van der Waals surface area contributed by atoms with Gasteiger partial charge in [-0.1, -0.05) is 53.5 Å². The third-order valence-corrected chi connectivity index (χ3v) is 8.40. The minimum Gasteiger partial charge on any atom is -0.149 e. The van der Waals surface area contributed by atoms with Crippen LogP contribution in [-0.2, 0) is 0 Å². The molecule has 2 atom stereocenters. The summed E-state index contributed by atoms with van der Waals surface area (Å²) in [6.45, 7) is 18.5. The van der Waals surface area contributed by atoms with E-state index in [1.165, 1.54) is 0 Å². The van der Waals surface area contributed by atoms with Gasteiger partial charge in [-0.25, -0.2) is 0 Å². The lowest BCUT2D eigenvalue weighted by Crippen LogP contribution is -2.29. The van der Waals surface area contributed by atoms with Crippen LogP contribution in [0.3, 0.4) is 0 Å². The molecule has 0 aromatic heterocycles. The van der Waals surface area contributed by atoms with E-state index in [1.807, 2.05) is 0 Å². The summed E-state index contributed by atoms with van der Waals surface area (Å²) in [5.41, 5.74) is 0. The highest BCUT2D eigenvalue weighted by atomic mass is 31.3. The summed E-state index contributed by atoms with van der Waals surface area (Å²) in [5, 5.41) is 0.539. The smallest absolute Gasteiger partial charge is 0.0737 e. The SMILES string of the molecule is CC(C)(C)[Si](C)(C)P.C[Si](C)(C)P. The number of hydrogen-bond donors (Lipinski definition) is 0. The minimum absolute atomic E-state index is 0.539. The molecule has 0 amide bonds. The number of rotatable bonds is 0. The van der Waals surface area contributed by atoms with Gasteiger partial charge in [0, 0.05) is 0 Å². The quantitative estimate of drug-likeness (QED) is 0.439. The third-order valence-electron chi connectivity index (χ3n) is 1.93. The van der Waals surface area contributed by atoms with Gasteiger partial charge in [-0.05, 0) is 5.04 Å². The van der Waals surface area contributed by atoms with Crippen LogP contribution in [-0.4, -0.2) is 15.5 Å². The van der Waals surface area contributed by atoms with Gasteiger partial charge in [0.1, 0.15) is 0 Å². The molecular weight excluding hydrogens is 226 g/mol. The summed E-state index contributed by atoms with van der Waals surface area (Å²) in [7, 11) is 4.22. The minimum atomic E-state index is -0.942. The van der Waals surface area contributed by atoms with Gasteiger partial charge in [-0.2, -0.15) is 0 Å². The van der Waals surface area contributed by atoms with Crippen LogP contribution in [0.4, 0.5) is 0 Å². The maximum atomic E-state index is 3.00. The first-order valence-electron chi connectivity index (χ1n) is 4.83. The summed E-state index contributed by atoms with van der Waals surface area (Å²) in [6, 6.07) is 0. The highest BCUT2D eigenvalue weighted by Crippen LogP contribution is 2.39. The van der Waals surface area contributed by atoms with E-state index in [2.05, 4.69) is 71.1 Å². The van der Waals surface area contributed by atoms with Gasteiger partial charge in [-0.15, -0.1) is 17.6 Å². The Hall–Kier alpha value is 1.29. The average Bonchev–Trinajstić information content (AvgIpc) is 1.50. The molecule has 2 unspecified atom stereocenters. The molecule has 0 spiro atoms. The van der Waals surface area contributed by atoms with E-state index in [-0.39, 0.29) is 0 Å². The van der Waals surface area contributed by atoms with E-state index < -0.39 is 15.5 Å². The Balaban J connectivity index is 0. The van der Waals surface area contributed by atoms with Gasteiger partial charge in [0.25, 0.3) is 0 Å². The van der Waals surface area contributed by atoms with E-state index in [1.54, 1.807) is 0 Å². The van der Waals surface area contributed by atoms with Crippen molar-refractivity contribution >= 4 is 33.1 Å². The topological polar surface area (TPSA) is 0 Å². The summed E-state index contributed by atoms with van der Waals surface area (Å²) < 4.78 is 0. The van der Waals surface area contributed by atoms with Crippen LogP contribution in [0.1, 0.15) is 20.8 Å². The molecule has 0 heterocycles. The molecule has 0 N–H and O–H groups in total. The van der Waals surface area contributed by atoms with Gasteiger partial charge in [0.05, 0.1) is 15.5 Å². The zero-order chi connectivity index (χ0) is 11.5. The standard InChI is InChI=1S/C6H17PSi.C3H11PSi/c1-6(2,3)8(4,5)7;1-5(2,3)4/h7H2,1-5H3;4H2,1-3H3. The zero-order valence-corrected chi connectivity index (χ0v) is 15.0. The van der Waals surface area contributed by atoms with Crippen molar-refractivity contribution in [1.82, 2.24) is 0 Å². The van der Waals surface area contributed by atoms with Crippen molar-refractivity contribution in [2.24, 2.45) is 0 Å². The summed E-state index contributed by atoms with van der Waals surface area (Å²) in [6.07, 6.45) is 0. The Morgan fingerprint density at radius 2 is 0.846 bits per heavy atom. The van der Waals surface area contributed by atoms with Crippen molar-refractivity contribution in [1.29, 1.82) is 0 Å². The van der Waals surface area contributed by atoms with Crippen LogP contribution >= 0.6 is 17.6 Å². The van der Waals surface area contributed by atoms with Gasteiger partial charge in [0.2, 0.25) is 0 Å². The maximum absolute atomic E-state index is 3.00. The highest BCUT2D eigenvalue weighted by Gasteiger charge is 2.29. The van der Waals surface area contributed by atoms with Crippen LogP contribution in [0.5, 0.6) is 0 Å². The maximum Gasteiger partial charge on any atom is 0.0737 e. The van der Waals surface area contributed by atoms with Crippen LogP contribution in [0.15, 0.2) is 0 Å². The van der Waals surface area contributed by atoms with E-state index in [0.29, 0.717) is 5.04 Å². The lowest BCUT2D eigenvalue weighted by molar-refractivity contribution is 0.736. The molecule has 0 nitrogen and oxygen atoms in total. The van der Waals surface area contributed by atoms with Gasteiger partial charge in [0.15, 0.2) is 0 Å². The monoisotopic (exact) mass is 254 g/mol. The Bertz CT molecular complexity index is 119. The summed E-state index contributed by atoms with van der Waals surface area (Å²) >= 11 is 0. The second kappa shape index (κ2) is 5.40. The van der Waals surface area contributed by atoms with E-state index >= 15 is 0 Å². The first kappa shape index (κ1) is 16.7. The normalized spacial score (nSPS) is 13.4. The van der Waals surface area contributed by atoms with Crippen molar-refractivity contribution in [2.75, 3.05) is 0 Å². The Morgan fingerprint density at radius 3 is 0.846 bits per heavy atom. The lowest BCUT2D eigenvalue weighted by Gasteiger charge is -2.32. The zero-order valence-electron chi connectivity index (χ0n) is 10.7. The molecule has 0 fully saturated rings. The molecule has 0 saturated heterocycles. The van der Waals surface area contributed by atoms with Gasteiger partial charge in [-0.3, -0.25) is 0 Å². The van der Waals surface area contributed by atoms with Crippen LogP contribution < -0.4 is 0 Å². The second-order valence-electron chi connectivity index (χ2n) is 6.34. The molecule has 0 aromatic carbocycles. The molecule has 0 aliphatic carbocycles. The second-order valence-corrected chi connectivity index (χ2v) is 25.5. The van der Waals surface area contributed by atoms with E-state index in [0.717, 1.165) is 0 Å². The van der Waals surface area contributed by atoms with Crippen molar-refractivity contribution in [3.63, 3.8) is 0 Å². The molecule has 82 valence electrons. The Labute approximate surface area is 91.8 Å². The van der Waals surface area contributed by atoms with Crippen LogP contribution in [0.25, 0.3) is 0 Å². The largest absolute Gasteiger partial charge is 0.149 e. The fourth-order valence-corrected chi connectivity index (χ4v) is 0. The molecular formula is C9H28P2Si2. The molecule has 0 rings (SSSR count). The fourth-order valence-electron chi connectivity index (χ4n) is 0. The van der Waals surface area contributed by atoms with Crippen molar-refractivity contribution in [3.05, 3.63) is 0 Å². The summed E-state index contributed by atoms with van der Waals surface area (Å²) in [5.74, 6) is 0. The summed E-state index contributed by atoms with van der Waals surface area (Å²) in [4.78, 5) is 0. The Kier molecular flexibility index (Phi) is 6.94. The molecule has 0 saturated carbocycles. The van der Waals surface area contributed by atoms with Gasteiger partial charge < -0.3 is 0 Å². The molecule has 0 radical (unpaired) electrons. The van der Waals surface area contributed by atoms with Crippen molar-refractivity contribution in [3.8, 4) is 0 Å². The molecule has 13 heavy (non-hydrogen) atoms. The molecule has 0 aliphatic rings. The van der Waals surface area contributed by atoms with Gasteiger partial charge >= 0.3 is 0 Å². The first-order valence-corrected chi connectivity index (χ1v) is 14.9. The Morgan fingerprint density at radius 1 is 0.769 bits per heavy atom. The van der Waals surface area contributed by atoms with Crippen molar-refractivity contribution in [2.45, 2.75) is 58.5 Å². The number of hydrogen-bond acceptors (Lipinski definition) is 0. The first-order chi connectivity index (χ1) is 5.25. The molecule has 0 aliphatic heterocycles.